The van der Waals surface area contributed by atoms with E-state index in [4.69, 9.17) is 5.11 Å². The Kier molecular flexibility index (Phi) is 3.31. The van der Waals surface area contributed by atoms with Crippen LogP contribution in [0.1, 0.15) is 12.8 Å². The van der Waals surface area contributed by atoms with Crippen LogP contribution in [0.25, 0.3) is 0 Å². The van der Waals surface area contributed by atoms with Gasteiger partial charge in [0.15, 0.2) is 0 Å². The predicted molar refractivity (Wildman–Crippen MR) is 38.5 cm³/mol. The minimum Gasteiger partial charge on any atom is -0.434 e. The molecule has 0 aromatic rings. The molecule has 0 spiro atoms. The van der Waals surface area contributed by atoms with Crippen LogP contribution in [0.3, 0.4) is 0 Å². The maximum atomic E-state index is 10.6. The van der Waals surface area contributed by atoms with E-state index in [-0.39, 0.29) is 19.6 Å². The zero-order chi connectivity index (χ0) is 8.97. The molecule has 1 heterocycles. The highest BCUT2D eigenvalue weighted by Gasteiger charge is 2.27. The quantitative estimate of drug-likeness (QED) is 0.575. The molecule has 5 heteroatoms. The Labute approximate surface area is 69.9 Å². The first-order valence-corrected chi connectivity index (χ1v) is 3.86. The third kappa shape index (κ3) is 2.35. The van der Waals surface area contributed by atoms with E-state index < -0.39 is 18.4 Å². The van der Waals surface area contributed by atoms with Crippen molar-refractivity contribution in [2.75, 3.05) is 13.2 Å². The number of carbonyl (C=O) groups excluding carboxylic acids is 1. The van der Waals surface area contributed by atoms with Crippen molar-refractivity contribution in [3.8, 4) is 0 Å². The highest BCUT2D eigenvalue weighted by Crippen LogP contribution is 2.13. The van der Waals surface area contributed by atoms with Gasteiger partial charge in [-0.05, 0) is 0 Å². The first kappa shape index (κ1) is 9.28. The van der Waals surface area contributed by atoms with Gasteiger partial charge < -0.3 is 19.7 Å². The van der Waals surface area contributed by atoms with Crippen LogP contribution in [0.5, 0.6) is 0 Å². The van der Waals surface area contributed by atoms with Gasteiger partial charge in [0.1, 0.15) is 6.10 Å². The lowest BCUT2D eigenvalue weighted by Gasteiger charge is -2.25. The molecule has 0 bridgehead atoms. The number of aliphatic hydroxyl groups is 2. The second-order valence-corrected chi connectivity index (χ2v) is 2.62. The number of cyclic esters (lactones) is 2. The summed E-state index contributed by atoms with van der Waals surface area (Å²) < 4.78 is 9.18. The lowest BCUT2D eigenvalue weighted by atomic mass is 10.1. The normalized spacial score (nSPS) is 25.8. The summed E-state index contributed by atoms with van der Waals surface area (Å²) in [5, 5.41) is 17.8. The molecule has 1 aliphatic heterocycles. The molecule has 12 heavy (non-hydrogen) atoms. The minimum absolute atomic E-state index is 0.115. The summed E-state index contributed by atoms with van der Waals surface area (Å²) in [5.41, 5.74) is 0. The van der Waals surface area contributed by atoms with Crippen LogP contribution in [0, 0.1) is 0 Å². The number of hydrogen-bond donors (Lipinski definition) is 2. The summed E-state index contributed by atoms with van der Waals surface area (Å²) in [6.07, 6.45) is -1.37. The van der Waals surface area contributed by atoms with Crippen LogP contribution in [-0.2, 0) is 9.47 Å². The van der Waals surface area contributed by atoms with Crippen LogP contribution in [-0.4, -0.2) is 41.8 Å². The fourth-order valence-corrected chi connectivity index (χ4v) is 1.06. The van der Waals surface area contributed by atoms with Gasteiger partial charge in [0.25, 0.3) is 0 Å². The third-order valence-electron chi connectivity index (χ3n) is 1.72. The fraction of sp³-hybridized carbons (Fsp3) is 0.857. The number of hydrogen-bond acceptors (Lipinski definition) is 5. The second-order valence-electron chi connectivity index (χ2n) is 2.62. The van der Waals surface area contributed by atoms with Gasteiger partial charge in [-0.25, -0.2) is 4.79 Å². The monoisotopic (exact) mass is 176 g/mol. The van der Waals surface area contributed by atoms with Gasteiger partial charge in [-0.3, -0.25) is 0 Å². The molecule has 0 radical (unpaired) electrons. The molecule has 1 rings (SSSR count). The van der Waals surface area contributed by atoms with E-state index in [2.05, 4.69) is 9.47 Å². The summed E-state index contributed by atoms with van der Waals surface area (Å²) in [6.45, 7) is 0.155. The van der Waals surface area contributed by atoms with Crippen LogP contribution < -0.4 is 0 Å². The average molecular weight is 176 g/mol. The van der Waals surface area contributed by atoms with E-state index in [1.807, 2.05) is 0 Å². The molecular formula is C7H12O5. The van der Waals surface area contributed by atoms with Crippen molar-refractivity contribution in [3.63, 3.8) is 0 Å². The molecule has 0 amide bonds. The minimum atomic E-state index is -0.789. The Balaban J connectivity index is 2.34. The van der Waals surface area contributed by atoms with E-state index in [0.717, 1.165) is 0 Å². The zero-order valence-corrected chi connectivity index (χ0v) is 6.60. The highest BCUT2D eigenvalue weighted by atomic mass is 16.7. The zero-order valence-electron chi connectivity index (χ0n) is 6.60. The van der Waals surface area contributed by atoms with Crippen LogP contribution >= 0.6 is 0 Å². The highest BCUT2D eigenvalue weighted by molar-refractivity contribution is 5.60. The number of aliphatic hydroxyl groups excluding tert-OH is 2. The molecule has 0 aromatic carbocycles. The van der Waals surface area contributed by atoms with Crippen molar-refractivity contribution in [3.05, 3.63) is 0 Å². The molecule has 0 aromatic heterocycles. The van der Waals surface area contributed by atoms with Gasteiger partial charge in [0.05, 0.1) is 12.7 Å². The van der Waals surface area contributed by atoms with Gasteiger partial charge in [0, 0.05) is 19.4 Å². The molecule has 2 unspecified atom stereocenters. The molecule has 2 N–H and O–H groups in total. The Hall–Kier alpha value is -0.810. The first-order valence-electron chi connectivity index (χ1n) is 3.86. The van der Waals surface area contributed by atoms with Crippen molar-refractivity contribution in [1.29, 1.82) is 0 Å². The molecular weight excluding hydrogens is 164 g/mol. The molecule has 1 aliphatic rings. The maximum Gasteiger partial charge on any atom is 0.508 e. The molecule has 0 saturated carbocycles. The number of rotatable bonds is 3. The number of ether oxygens (including phenoxy) is 2. The molecule has 70 valence electrons. The Bertz CT molecular complexity index is 158. The summed E-state index contributed by atoms with van der Waals surface area (Å²) >= 11 is 0. The largest absolute Gasteiger partial charge is 0.508 e. The summed E-state index contributed by atoms with van der Waals surface area (Å²) in [6, 6.07) is 0. The summed E-state index contributed by atoms with van der Waals surface area (Å²) in [5.74, 6) is 0. The summed E-state index contributed by atoms with van der Waals surface area (Å²) in [4.78, 5) is 10.6. The smallest absolute Gasteiger partial charge is 0.434 e. The van der Waals surface area contributed by atoms with Gasteiger partial charge in [-0.15, -0.1) is 0 Å². The van der Waals surface area contributed by atoms with Crippen molar-refractivity contribution in [2.24, 2.45) is 0 Å². The SMILES string of the molecule is O=C1OCCC(C(O)CCO)O1. The van der Waals surface area contributed by atoms with E-state index in [1.165, 1.54) is 0 Å². The molecule has 5 nitrogen and oxygen atoms in total. The average Bonchev–Trinajstić information content (AvgIpc) is 2.05. The van der Waals surface area contributed by atoms with Gasteiger partial charge in [-0.2, -0.15) is 0 Å². The van der Waals surface area contributed by atoms with E-state index in [9.17, 15) is 9.90 Å². The van der Waals surface area contributed by atoms with Crippen LogP contribution in [0.4, 0.5) is 4.79 Å². The maximum absolute atomic E-state index is 10.6. The second kappa shape index (κ2) is 4.27. The van der Waals surface area contributed by atoms with Crippen molar-refractivity contribution >= 4 is 6.16 Å². The molecule has 2 atom stereocenters. The lowest BCUT2D eigenvalue weighted by molar-refractivity contribution is -0.0760. The lowest BCUT2D eigenvalue weighted by Crippen LogP contribution is -2.37. The van der Waals surface area contributed by atoms with Crippen LogP contribution in [0.2, 0.25) is 0 Å². The van der Waals surface area contributed by atoms with Gasteiger partial charge in [0.2, 0.25) is 0 Å². The van der Waals surface area contributed by atoms with E-state index >= 15 is 0 Å². The van der Waals surface area contributed by atoms with Crippen molar-refractivity contribution in [1.82, 2.24) is 0 Å². The standard InChI is InChI=1S/C7H12O5/c8-3-1-5(9)6-2-4-11-7(10)12-6/h5-6,8-9H,1-4H2. The summed E-state index contributed by atoms with van der Waals surface area (Å²) in [7, 11) is 0. The van der Waals surface area contributed by atoms with E-state index in [0.29, 0.717) is 6.42 Å². The van der Waals surface area contributed by atoms with Crippen molar-refractivity contribution < 1.29 is 24.5 Å². The predicted octanol–water partition coefficient (Wildman–Crippen LogP) is -0.345. The third-order valence-corrected chi connectivity index (χ3v) is 1.72. The Morgan fingerprint density at radius 1 is 1.67 bits per heavy atom. The van der Waals surface area contributed by atoms with Gasteiger partial charge >= 0.3 is 6.16 Å². The first-order chi connectivity index (χ1) is 5.74. The van der Waals surface area contributed by atoms with Crippen molar-refractivity contribution in [2.45, 2.75) is 25.0 Å². The fourth-order valence-electron chi connectivity index (χ4n) is 1.06. The topological polar surface area (TPSA) is 76.0 Å². The Morgan fingerprint density at radius 3 is 3.00 bits per heavy atom. The van der Waals surface area contributed by atoms with Crippen LogP contribution in [0.15, 0.2) is 0 Å². The Morgan fingerprint density at radius 2 is 2.42 bits per heavy atom. The van der Waals surface area contributed by atoms with Gasteiger partial charge in [-0.1, -0.05) is 0 Å². The molecule has 1 fully saturated rings. The molecule has 1 saturated heterocycles. The number of carbonyl (C=O) groups is 1. The van der Waals surface area contributed by atoms with E-state index in [1.54, 1.807) is 0 Å². The molecule has 0 aliphatic carbocycles.